The van der Waals surface area contributed by atoms with E-state index in [1.807, 2.05) is 24.3 Å². The fourth-order valence-electron chi connectivity index (χ4n) is 4.22. The van der Waals surface area contributed by atoms with E-state index in [0.717, 1.165) is 48.9 Å². The van der Waals surface area contributed by atoms with Gasteiger partial charge in [-0.05, 0) is 29.6 Å². The highest BCUT2D eigenvalue weighted by molar-refractivity contribution is 6.05. The highest BCUT2D eigenvalue weighted by Gasteiger charge is 2.40. The largest absolute Gasteiger partial charge is 0.489 e. The summed E-state index contributed by atoms with van der Waals surface area (Å²) in [7, 11) is 0. The predicted octanol–water partition coefficient (Wildman–Crippen LogP) is 1.86. The number of hydrogen-bond donors (Lipinski definition) is 1. The molecule has 2 aromatic carbocycles. The Bertz CT molecular complexity index is 1250. The van der Waals surface area contributed by atoms with Gasteiger partial charge in [0.15, 0.2) is 0 Å². The maximum Gasteiger partial charge on any atom is 0.255 e. The van der Waals surface area contributed by atoms with Gasteiger partial charge >= 0.3 is 0 Å². The van der Waals surface area contributed by atoms with Gasteiger partial charge in [0.2, 0.25) is 11.8 Å². The highest BCUT2D eigenvalue weighted by Crippen LogP contribution is 2.34. The van der Waals surface area contributed by atoms with E-state index in [0.29, 0.717) is 0 Å². The molecule has 2 unspecified atom stereocenters. The molecule has 5 rings (SSSR count). The van der Waals surface area contributed by atoms with E-state index in [9.17, 15) is 14.4 Å². The average molecular weight is 454 g/mol. The van der Waals surface area contributed by atoms with Crippen LogP contribution in [0.3, 0.4) is 0 Å². The summed E-state index contributed by atoms with van der Waals surface area (Å²) in [6, 6.07) is 5.38. The van der Waals surface area contributed by atoms with E-state index in [1.54, 1.807) is 0 Å². The molecule has 2 aromatic rings. The van der Waals surface area contributed by atoms with Crippen LogP contribution >= 0.6 is 0 Å². The molecule has 33 heavy (non-hydrogen) atoms. The summed E-state index contributed by atoms with van der Waals surface area (Å²) >= 11 is 0. The minimum Gasteiger partial charge on any atom is -0.489 e. The summed E-state index contributed by atoms with van der Waals surface area (Å²) in [4.78, 5) is 40.6. The van der Waals surface area contributed by atoms with Gasteiger partial charge in [0, 0.05) is 37.2 Å². The summed E-state index contributed by atoms with van der Waals surface area (Å²) in [5.74, 6) is -2.00. The van der Waals surface area contributed by atoms with Crippen LogP contribution in [0.4, 0.5) is 0 Å². The fraction of sp³-hybridized carbons (Fsp3) is 0.400. The van der Waals surface area contributed by atoms with Crippen LogP contribution in [0, 0.1) is 0 Å². The zero-order valence-corrected chi connectivity index (χ0v) is 18.1. The fourth-order valence-corrected chi connectivity index (χ4v) is 4.22. The third kappa shape index (κ3) is 4.62. The van der Waals surface area contributed by atoms with Gasteiger partial charge in [0.25, 0.3) is 5.91 Å². The highest BCUT2D eigenvalue weighted by atomic mass is 16.5. The maximum absolute atomic E-state index is 13.3. The number of morpholine rings is 1. The van der Waals surface area contributed by atoms with Gasteiger partial charge in [-0.1, -0.05) is 30.3 Å². The summed E-state index contributed by atoms with van der Waals surface area (Å²) < 4.78 is 44.9. The van der Waals surface area contributed by atoms with Crippen LogP contribution in [-0.4, -0.2) is 59.9 Å². The quantitative estimate of drug-likeness (QED) is 0.672. The number of carbonyl (C=O) groups excluding carboxylic acids is 3. The standard InChI is InChI=1S/C25H27N3O5/c29-23-9-8-21(24(30)26-23)28-15-20-19(25(28)31)2-1-3-22(20)33-16-18-6-4-17(5-7-18)14-27-10-12-32-13-11-27/h1-7,21H,8-16H2,(H,26,29,30)/i1D,2D,3D,15D. The summed E-state index contributed by atoms with van der Waals surface area (Å²) in [6.45, 7) is 2.64. The van der Waals surface area contributed by atoms with E-state index < -0.39 is 42.4 Å². The van der Waals surface area contributed by atoms with Gasteiger partial charge in [0.1, 0.15) is 18.4 Å². The molecule has 1 N–H and O–H groups in total. The minimum absolute atomic E-state index is 0.00429. The SMILES string of the molecule is [2H]c1c([2H])c(OCc2ccc(CN3CCOCC3)cc2)c2c(c1[2H])C(=O)N(C1CCC(=O)NC1=O)C2[2H]. The van der Waals surface area contributed by atoms with Crippen LogP contribution in [0.15, 0.2) is 42.4 Å². The van der Waals surface area contributed by atoms with E-state index in [4.69, 9.17) is 15.0 Å². The van der Waals surface area contributed by atoms with Crippen LogP contribution < -0.4 is 10.1 Å². The number of fused-ring (bicyclic) bond motifs is 1. The molecule has 172 valence electrons. The molecular formula is C25H27N3O5. The topological polar surface area (TPSA) is 88.2 Å². The minimum atomic E-state index is -1.41. The van der Waals surface area contributed by atoms with Crippen molar-refractivity contribution >= 4 is 17.7 Å². The van der Waals surface area contributed by atoms with Gasteiger partial charge in [-0.3, -0.25) is 24.6 Å². The molecule has 0 aromatic heterocycles. The van der Waals surface area contributed by atoms with Crippen molar-refractivity contribution in [2.24, 2.45) is 0 Å². The first-order chi connectivity index (χ1) is 17.8. The third-order valence-corrected chi connectivity index (χ3v) is 6.06. The molecule has 2 atom stereocenters. The Morgan fingerprint density at radius 2 is 1.88 bits per heavy atom. The first kappa shape index (κ1) is 17.3. The Balaban J connectivity index is 1.37. The third-order valence-electron chi connectivity index (χ3n) is 6.06. The number of hydrogen-bond acceptors (Lipinski definition) is 6. The predicted molar refractivity (Wildman–Crippen MR) is 119 cm³/mol. The second-order valence-electron chi connectivity index (χ2n) is 8.29. The average Bonchev–Trinajstić information content (AvgIpc) is 3.14. The van der Waals surface area contributed by atoms with Crippen molar-refractivity contribution in [2.45, 2.75) is 38.6 Å². The molecule has 2 fully saturated rings. The lowest BCUT2D eigenvalue weighted by molar-refractivity contribution is -0.136. The zero-order chi connectivity index (χ0) is 26.3. The first-order valence-corrected chi connectivity index (χ1v) is 11.0. The Labute approximate surface area is 198 Å². The number of nitrogens with one attached hydrogen (secondary N) is 1. The monoisotopic (exact) mass is 453 g/mol. The molecule has 0 saturated carbocycles. The van der Waals surface area contributed by atoms with Gasteiger partial charge in [-0.2, -0.15) is 0 Å². The molecule has 0 bridgehead atoms. The number of ether oxygens (including phenoxy) is 2. The van der Waals surface area contributed by atoms with Crippen molar-refractivity contribution in [3.8, 4) is 5.75 Å². The van der Waals surface area contributed by atoms with Crippen LogP contribution in [0.5, 0.6) is 5.75 Å². The summed E-state index contributed by atoms with van der Waals surface area (Å²) in [5.41, 5.74) is 1.73. The number of piperidine rings is 1. The lowest BCUT2D eigenvalue weighted by atomic mass is 10.0. The Kier molecular flexibility index (Phi) is 4.88. The number of rotatable bonds is 6. The van der Waals surface area contributed by atoms with Crippen molar-refractivity contribution in [1.29, 1.82) is 0 Å². The van der Waals surface area contributed by atoms with E-state index >= 15 is 0 Å². The molecule has 0 spiro atoms. The second kappa shape index (κ2) is 9.33. The van der Waals surface area contributed by atoms with E-state index in [-0.39, 0.29) is 42.4 Å². The lowest BCUT2D eigenvalue weighted by Gasteiger charge is -2.29. The molecule has 3 aliphatic heterocycles. The smallest absolute Gasteiger partial charge is 0.255 e. The number of carbonyl (C=O) groups is 3. The van der Waals surface area contributed by atoms with Crippen molar-refractivity contribution in [3.63, 3.8) is 0 Å². The maximum atomic E-state index is 13.3. The van der Waals surface area contributed by atoms with Gasteiger partial charge in [-0.25, -0.2) is 0 Å². The van der Waals surface area contributed by atoms with E-state index in [1.165, 1.54) is 0 Å². The Morgan fingerprint density at radius 3 is 2.64 bits per heavy atom. The van der Waals surface area contributed by atoms with Crippen LogP contribution in [0.1, 0.15) is 45.4 Å². The Hall–Kier alpha value is -3.23. The molecule has 8 heteroatoms. The van der Waals surface area contributed by atoms with Crippen LogP contribution in [0.2, 0.25) is 0 Å². The number of nitrogens with zero attached hydrogens (tertiary/aromatic N) is 2. The van der Waals surface area contributed by atoms with Gasteiger partial charge in [-0.15, -0.1) is 0 Å². The van der Waals surface area contributed by atoms with E-state index in [2.05, 4.69) is 10.2 Å². The normalized spacial score (nSPS) is 25.1. The molecular weight excluding hydrogens is 422 g/mol. The number of benzene rings is 2. The number of imide groups is 1. The Morgan fingerprint density at radius 1 is 1.12 bits per heavy atom. The van der Waals surface area contributed by atoms with Gasteiger partial charge < -0.3 is 14.4 Å². The summed E-state index contributed by atoms with van der Waals surface area (Å²) in [6.07, 6.45) is 0.0802. The van der Waals surface area contributed by atoms with Crippen molar-refractivity contribution in [2.75, 3.05) is 26.3 Å². The van der Waals surface area contributed by atoms with Crippen LogP contribution in [0.25, 0.3) is 0 Å². The molecule has 0 aliphatic carbocycles. The van der Waals surface area contributed by atoms with Crippen LogP contribution in [-0.2, 0) is 34.0 Å². The zero-order valence-electron chi connectivity index (χ0n) is 22.1. The molecule has 3 heterocycles. The second-order valence-corrected chi connectivity index (χ2v) is 8.29. The summed E-state index contributed by atoms with van der Waals surface area (Å²) in [5, 5.41) is 2.19. The molecule has 3 amide bonds. The molecule has 8 nitrogen and oxygen atoms in total. The first-order valence-electron chi connectivity index (χ1n) is 13.1. The molecule has 2 saturated heterocycles. The molecule has 3 aliphatic rings. The molecule has 0 radical (unpaired) electrons. The van der Waals surface area contributed by atoms with Crippen molar-refractivity contribution < 1.29 is 29.3 Å². The lowest BCUT2D eigenvalue weighted by Crippen LogP contribution is -2.52. The van der Waals surface area contributed by atoms with Crippen molar-refractivity contribution in [1.82, 2.24) is 15.1 Å². The number of amides is 3. The van der Waals surface area contributed by atoms with Crippen molar-refractivity contribution in [3.05, 3.63) is 64.6 Å². The van der Waals surface area contributed by atoms with Gasteiger partial charge in [0.05, 0.1) is 25.2 Å².